The average molecular weight is 364 g/mol. The number of carbonyl (C=O) groups is 1. The molecular formula is C19H20N6O2. The second-order valence-corrected chi connectivity index (χ2v) is 6.88. The predicted molar refractivity (Wildman–Crippen MR) is 99.3 cm³/mol. The summed E-state index contributed by atoms with van der Waals surface area (Å²) < 4.78 is 7.31. The van der Waals surface area contributed by atoms with Crippen LogP contribution in [0.2, 0.25) is 0 Å². The molecule has 0 saturated carbocycles. The van der Waals surface area contributed by atoms with Crippen molar-refractivity contribution in [3.63, 3.8) is 0 Å². The molecule has 1 amide bonds. The zero-order chi connectivity index (χ0) is 19.1. The fraction of sp³-hybridized carbons (Fsp3) is 0.316. The molecule has 8 heteroatoms. The van der Waals surface area contributed by atoms with Crippen molar-refractivity contribution >= 4 is 22.7 Å². The Kier molecular flexibility index (Phi) is 4.10. The fourth-order valence-electron chi connectivity index (χ4n) is 3.05. The molecule has 4 aromatic rings. The molecule has 8 nitrogen and oxygen atoms in total. The third-order valence-electron chi connectivity index (χ3n) is 4.70. The van der Waals surface area contributed by atoms with Crippen LogP contribution in [0.25, 0.3) is 16.7 Å². The monoisotopic (exact) mass is 364 g/mol. The Morgan fingerprint density at radius 3 is 2.67 bits per heavy atom. The summed E-state index contributed by atoms with van der Waals surface area (Å²) in [5, 5.41) is 8.43. The van der Waals surface area contributed by atoms with E-state index in [4.69, 9.17) is 9.40 Å². The number of carbonyl (C=O) groups excluding carboxylic acids is 1. The van der Waals surface area contributed by atoms with Crippen LogP contribution in [-0.2, 0) is 0 Å². The van der Waals surface area contributed by atoms with Gasteiger partial charge in [-0.3, -0.25) is 9.78 Å². The maximum Gasteiger partial charge on any atom is 0.251 e. The third kappa shape index (κ3) is 2.92. The van der Waals surface area contributed by atoms with Gasteiger partial charge >= 0.3 is 0 Å². The lowest BCUT2D eigenvalue weighted by atomic mass is 10.0. The van der Waals surface area contributed by atoms with Crippen molar-refractivity contribution in [2.75, 3.05) is 0 Å². The van der Waals surface area contributed by atoms with Gasteiger partial charge in [0.1, 0.15) is 12.1 Å². The van der Waals surface area contributed by atoms with Gasteiger partial charge in [0, 0.05) is 23.5 Å². The molecule has 1 N–H and O–H groups in total. The molecule has 4 heterocycles. The second-order valence-electron chi connectivity index (χ2n) is 6.88. The Morgan fingerprint density at radius 1 is 1.22 bits per heavy atom. The first-order chi connectivity index (χ1) is 13.0. The van der Waals surface area contributed by atoms with E-state index in [1.807, 2.05) is 27.7 Å². The molecule has 0 aromatic carbocycles. The van der Waals surface area contributed by atoms with E-state index >= 15 is 0 Å². The number of rotatable bonds is 4. The molecule has 138 valence electrons. The fourth-order valence-corrected chi connectivity index (χ4v) is 3.05. The Labute approximate surface area is 155 Å². The summed E-state index contributed by atoms with van der Waals surface area (Å²) in [6, 6.07) is 3.01. The zero-order valence-electron chi connectivity index (χ0n) is 15.6. The van der Waals surface area contributed by atoms with Crippen LogP contribution in [0.3, 0.4) is 0 Å². The number of nitrogens with one attached hydrogen (secondary N) is 1. The van der Waals surface area contributed by atoms with Crippen molar-refractivity contribution in [1.29, 1.82) is 0 Å². The number of furan rings is 1. The smallest absolute Gasteiger partial charge is 0.251 e. The van der Waals surface area contributed by atoms with Gasteiger partial charge in [0.05, 0.1) is 11.4 Å². The van der Waals surface area contributed by atoms with E-state index in [1.54, 1.807) is 35.4 Å². The number of hydrogen-bond donors (Lipinski definition) is 1. The van der Waals surface area contributed by atoms with Crippen LogP contribution in [0.1, 0.15) is 47.4 Å². The molecular weight excluding hydrogens is 344 g/mol. The van der Waals surface area contributed by atoms with Gasteiger partial charge in [0.15, 0.2) is 11.5 Å². The van der Waals surface area contributed by atoms with Crippen molar-refractivity contribution in [2.24, 2.45) is 5.92 Å². The van der Waals surface area contributed by atoms with Crippen LogP contribution in [0.4, 0.5) is 0 Å². The highest BCUT2D eigenvalue weighted by Gasteiger charge is 2.25. The van der Waals surface area contributed by atoms with Crippen molar-refractivity contribution in [3.05, 3.63) is 53.6 Å². The first-order valence-electron chi connectivity index (χ1n) is 8.77. The molecule has 0 aliphatic carbocycles. The molecule has 0 radical (unpaired) electrons. The van der Waals surface area contributed by atoms with Crippen molar-refractivity contribution in [3.8, 4) is 0 Å². The standard InChI is InChI=1S/C19H20N6O2/c1-10(2)15(22-18(26)13-5-7-20-8-6-13)16-23-17-14-11(3)12(4)27-19(14)21-9-25(17)24-16/h5-10,15H,1-4H3,(H,22,26). The minimum atomic E-state index is -0.339. The van der Waals surface area contributed by atoms with Crippen LogP contribution in [0.5, 0.6) is 0 Å². The van der Waals surface area contributed by atoms with Crippen molar-refractivity contribution in [1.82, 2.24) is 29.9 Å². The Morgan fingerprint density at radius 2 is 1.96 bits per heavy atom. The lowest BCUT2D eigenvalue weighted by Crippen LogP contribution is -2.32. The summed E-state index contributed by atoms with van der Waals surface area (Å²) in [6.07, 6.45) is 4.77. The van der Waals surface area contributed by atoms with Gasteiger partial charge in [0.25, 0.3) is 5.91 Å². The average Bonchev–Trinajstić information content (AvgIpc) is 3.20. The molecule has 0 saturated heterocycles. The normalized spacial score (nSPS) is 12.8. The molecule has 1 atom stereocenters. The first kappa shape index (κ1) is 17.1. The van der Waals surface area contributed by atoms with Crippen molar-refractivity contribution in [2.45, 2.75) is 33.7 Å². The van der Waals surface area contributed by atoms with E-state index in [0.717, 1.165) is 16.7 Å². The zero-order valence-corrected chi connectivity index (χ0v) is 15.6. The van der Waals surface area contributed by atoms with E-state index in [2.05, 4.69) is 20.4 Å². The van der Waals surface area contributed by atoms with Crippen molar-refractivity contribution < 1.29 is 9.21 Å². The number of amides is 1. The number of nitrogens with zero attached hydrogens (tertiary/aromatic N) is 5. The van der Waals surface area contributed by atoms with Crippen LogP contribution in [0.15, 0.2) is 35.3 Å². The summed E-state index contributed by atoms with van der Waals surface area (Å²) in [4.78, 5) is 25.6. The molecule has 0 aliphatic rings. The van der Waals surface area contributed by atoms with E-state index in [-0.39, 0.29) is 17.9 Å². The van der Waals surface area contributed by atoms with Gasteiger partial charge in [-0.15, -0.1) is 5.10 Å². The van der Waals surface area contributed by atoms with E-state index < -0.39 is 0 Å². The molecule has 4 aromatic heterocycles. The highest BCUT2D eigenvalue weighted by Crippen LogP contribution is 2.27. The van der Waals surface area contributed by atoms with Gasteiger partial charge in [-0.1, -0.05) is 13.8 Å². The molecule has 0 bridgehead atoms. The molecule has 0 fully saturated rings. The Balaban J connectivity index is 1.76. The number of aryl methyl sites for hydroxylation is 2. The van der Waals surface area contributed by atoms with Gasteiger partial charge in [-0.05, 0) is 31.9 Å². The topological polar surface area (TPSA) is 98.2 Å². The largest absolute Gasteiger partial charge is 0.443 e. The lowest BCUT2D eigenvalue weighted by Gasteiger charge is -2.19. The predicted octanol–water partition coefficient (Wildman–Crippen LogP) is 3.01. The van der Waals surface area contributed by atoms with Gasteiger partial charge in [-0.25, -0.2) is 14.5 Å². The van der Waals surface area contributed by atoms with Crippen LogP contribution in [0, 0.1) is 19.8 Å². The SMILES string of the molecule is Cc1oc2ncn3nc(C(NC(=O)c4ccncc4)C(C)C)nc3c2c1C. The molecule has 4 rings (SSSR count). The number of fused-ring (bicyclic) bond motifs is 3. The number of hydrogen-bond acceptors (Lipinski definition) is 6. The molecule has 0 spiro atoms. The van der Waals surface area contributed by atoms with Crippen LogP contribution < -0.4 is 5.32 Å². The summed E-state index contributed by atoms with van der Waals surface area (Å²) in [7, 11) is 0. The molecule has 27 heavy (non-hydrogen) atoms. The minimum absolute atomic E-state index is 0.101. The maximum atomic E-state index is 12.6. The summed E-state index contributed by atoms with van der Waals surface area (Å²) in [5.41, 5.74) is 2.75. The Hall–Kier alpha value is -3.29. The number of aromatic nitrogens is 5. The maximum absolute atomic E-state index is 12.6. The van der Waals surface area contributed by atoms with Gasteiger partial charge < -0.3 is 9.73 Å². The first-order valence-corrected chi connectivity index (χ1v) is 8.77. The minimum Gasteiger partial charge on any atom is -0.443 e. The van der Waals surface area contributed by atoms with E-state index in [1.165, 1.54) is 0 Å². The number of pyridine rings is 1. The third-order valence-corrected chi connectivity index (χ3v) is 4.70. The lowest BCUT2D eigenvalue weighted by molar-refractivity contribution is 0.0923. The highest BCUT2D eigenvalue weighted by molar-refractivity contribution is 5.94. The van der Waals surface area contributed by atoms with Crippen LogP contribution >= 0.6 is 0 Å². The van der Waals surface area contributed by atoms with Gasteiger partial charge in [-0.2, -0.15) is 0 Å². The van der Waals surface area contributed by atoms with Gasteiger partial charge in [0.2, 0.25) is 5.71 Å². The quantitative estimate of drug-likeness (QED) is 0.598. The second kappa shape index (κ2) is 6.46. The van der Waals surface area contributed by atoms with Crippen LogP contribution in [-0.4, -0.2) is 30.5 Å². The summed E-state index contributed by atoms with van der Waals surface area (Å²) in [6.45, 7) is 7.91. The molecule has 0 aliphatic heterocycles. The Bertz CT molecular complexity index is 1130. The molecule has 1 unspecified atom stereocenters. The van der Waals surface area contributed by atoms with E-state index in [0.29, 0.717) is 22.7 Å². The van der Waals surface area contributed by atoms with E-state index in [9.17, 15) is 4.79 Å². The summed E-state index contributed by atoms with van der Waals surface area (Å²) in [5.74, 6) is 1.26. The summed E-state index contributed by atoms with van der Waals surface area (Å²) >= 11 is 0. The highest BCUT2D eigenvalue weighted by atomic mass is 16.3.